The van der Waals surface area contributed by atoms with Gasteiger partial charge in [-0.2, -0.15) is 0 Å². The smallest absolute Gasteiger partial charge is 0.219 e. The molecule has 12 heavy (non-hydrogen) atoms. The van der Waals surface area contributed by atoms with Gasteiger partial charge >= 0.3 is 0 Å². The molecule has 4 heteroatoms. The summed E-state index contributed by atoms with van der Waals surface area (Å²) in [7, 11) is 0. The average Bonchev–Trinajstić information content (AvgIpc) is 2.03. The van der Waals surface area contributed by atoms with Crippen LogP contribution in [0.5, 0.6) is 0 Å². The number of carbonyl (C=O) groups excluding carboxylic acids is 2. The van der Waals surface area contributed by atoms with Gasteiger partial charge in [-0.05, 0) is 0 Å². The minimum atomic E-state index is -0.378. The summed E-state index contributed by atoms with van der Waals surface area (Å²) in [5.41, 5.74) is 4.87. The number of carbonyl (C=O) groups is 2. The van der Waals surface area contributed by atoms with Gasteiger partial charge in [0.1, 0.15) is 5.78 Å². The van der Waals surface area contributed by atoms with Crippen LogP contribution >= 0.6 is 0 Å². The average molecular weight is 173 g/mol. The molecule has 0 atom stereocenters. The Balaban J connectivity index is 3.11. The molecule has 1 amide bonds. The molecule has 0 fully saturated rings. The van der Waals surface area contributed by atoms with Gasteiger partial charge in [0.15, 0.2) is 0 Å². The molecular weight excluding hydrogens is 158 g/mol. The van der Waals surface area contributed by atoms with Gasteiger partial charge in [0, 0.05) is 19.3 Å². The van der Waals surface area contributed by atoms with E-state index < -0.39 is 0 Å². The molecule has 4 nitrogen and oxygen atoms in total. The van der Waals surface area contributed by atoms with Crippen LogP contribution in [0, 0.1) is 0 Å². The number of ether oxygens (including phenoxy) is 1. The number of hydrogen-bond acceptors (Lipinski definition) is 3. The summed E-state index contributed by atoms with van der Waals surface area (Å²) in [5.74, 6) is -0.203. The van der Waals surface area contributed by atoms with Gasteiger partial charge in [0.05, 0.1) is 13.2 Å². The van der Waals surface area contributed by atoms with E-state index in [2.05, 4.69) is 0 Å². The maximum atomic E-state index is 10.7. The molecule has 0 saturated carbocycles. The van der Waals surface area contributed by atoms with Crippen molar-refractivity contribution in [2.45, 2.75) is 26.2 Å². The highest BCUT2D eigenvalue weighted by molar-refractivity contribution is 5.78. The van der Waals surface area contributed by atoms with Crippen molar-refractivity contribution in [3.8, 4) is 0 Å². The van der Waals surface area contributed by atoms with Crippen LogP contribution in [-0.4, -0.2) is 24.9 Å². The standard InChI is InChI=1S/C8H15NO3/c1-2-7(10)3-5-12-6-4-8(9)11/h2-6H2,1H3,(H2,9,11). The summed E-state index contributed by atoms with van der Waals surface area (Å²) in [6.07, 6.45) is 1.19. The zero-order chi connectivity index (χ0) is 9.40. The van der Waals surface area contributed by atoms with Crippen molar-refractivity contribution in [3.05, 3.63) is 0 Å². The summed E-state index contributed by atoms with van der Waals surface area (Å²) >= 11 is 0. The first-order valence-electron chi connectivity index (χ1n) is 4.04. The quantitative estimate of drug-likeness (QED) is 0.561. The van der Waals surface area contributed by atoms with Crippen LogP contribution < -0.4 is 5.73 Å². The van der Waals surface area contributed by atoms with E-state index in [1.165, 1.54) is 0 Å². The summed E-state index contributed by atoms with van der Waals surface area (Å²) in [6.45, 7) is 2.51. The Bertz CT molecular complexity index is 156. The number of rotatable bonds is 7. The zero-order valence-electron chi connectivity index (χ0n) is 7.34. The molecule has 0 aromatic heterocycles. The molecule has 0 aliphatic carbocycles. The first-order valence-corrected chi connectivity index (χ1v) is 4.04. The molecular formula is C8H15NO3. The van der Waals surface area contributed by atoms with Crippen molar-refractivity contribution in [1.29, 1.82) is 0 Å². The van der Waals surface area contributed by atoms with Gasteiger partial charge in [-0.3, -0.25) is 9.59 Å². The fraction of sp³-hybridized carbons (Fsp3) is 0.750. The largest absolute Gasteiger partial charge is 0.380 e. The second-order valence-electron chi connectivity index (χ2n) is 2.47. The lowest BCUT2D eigenvalue weighted by atomic mass is 10.2. The predicted octanol–water partition coefficient (Wildman–Crippen LogP) is 0.248. The molecule has 0 unspecified atom stereocenters. The van der Waals surface area contributed by atoms with E-state index in [-0.39, 0.29) is 18.1 Å². The van der Waals surface area contributed by atoms with Crippen LogP contribution in [0.2, 0.25) is 0 Å². The van der Waals surface area contributed by atoms with E-state index in [1.807, 2.05) is 6.92 Å². The molecule has 0 radical (unpaired) electrons. The van der Waals surface area contributed by atoms with E-state index in [1.54, 1.807) is 0 Å². The topological polar surface area (TPSA) is 69.4 Å². The molecule has 0 aromatic rings. The Hall–Kier alpha value is -0.900. The van der Waals surface area contributed by atoms with E-state index in [4.69, 9.17) is 10.5 Å². The molecule has 2 N–H and O–H groups in total. The number of amides is 1. The van der Waals surface area contributed by atoms with Gasteiger partial charge in [0.2, 0.25) is 5.91 Å². The van der Waals surface area contributed by atoms with Crippen molar-refractivity contribution in [2.24, 2.45) is 5.73 Å². The molecule has 0 rings (SSSR count). The van der Waals surface area contributed by atoms with Gasteiger partial charge in [-0.15, -0.1) is 0 Å². The van der Waals surface area contributed by atoms with E-state index >= 15 is 0 Å². The third kappa shape index (κ3) is 7.21. The Morgan fingerprint density at radius 3 is 2.33 bits per heavy atom. The van der Waals surface area contributed by atoms with Crippen LogP contribution in [0.1, 0.15) is 26.2 Å². The third-order valence-electron chi connectivity index (χ3n) is 1.41. The maximum Gasteiger partial charge on any atom is 0.219 e. The minimum absolute atomic E-state index is 0.175. The predicted molar refractivity (Wildman–Crippen MR) is 44.5 cm³/mol. The van der Waals surface area contributed by atoms with Crippen LogP contribution in [0.15, 0.2) is 0 Å². The first-order chi connectivity index (χ1) is 5.66. The van der Waals surface area contributed by atoms with Crippen molar-refractivity contribution >= 4 is 11.7 Å². The summed E-state index contributed by atoms with van der Waals surface area (Å²) in [5, 5.41) is 0. The molecule has 70 valence electrons. The number of ketones is 1. The number of nitrogens with two attached hydrogens (primary N) is 1. The van der Waals surface area contributed by atoms with Crippen LogP contribution in [-0.2, 0) is 14.3 Å². The van der Waals surface area contributed by atoms with Crippen molar-refractivity contribution in [2.75, 3.05) is 13.2 Å². The Kier molecular flexibility index (Phi) is 6.28. The van der Waals surface area contributed by atoms with Gasteiger partial charge in [-0.25, -0.2) is 0 Å². The number of primary amides is 1. The normalized spacial score (nSPS) is 9.75. The number of Topliss-reactive ketones (excluding diaryl/α,β-unsaturated/α-hetero) is 1. The highest BCUT2D eigenvalue weighted by Crippen LogP contribution is 1.90. The first kappa shape index (κ1) is 11.1. The van der Waals surface area contributed by atoms with Crippen molar-refractivity contribution < 1.29 is 14.3 Å². The van der Waals surface area contributed by atoms with E-state index in [0.29, 0.717) is 26.1 Å². The highest BCUT2D eigenvalue weighted by atomic mass is 16.5. The van der Waals surface area contributed by atoms with Crippen LogP contribution in [0.4, 0.5) is 0 Å². The van der Waals surface area contributed by atoms with E-state index in [0.717, 1.165) is 0 Å². The molecule has 0 saturated heterocycles. The second-order valence-corrected chi connectivity index (χ2v) is 2.47. The molecule has 0 spiro atoms. The third-order valence-corrected chi connectivity index (χ3v) is 1.41. The van der Waals surface area contributed by atoms with E-state index in [9.17, 15) is 9.59 Å². The van der Waals surface area contributed by atoms with Gasteiger partial charge in [0.25, 0.3) is 0 Å². The molecule has 0 aliphatic rings. The summed E-state index contributed by atoms with van der Waals surface area (Å²) in [4.78, 5) is 21.0. The summed E-state index contributed by atoms with van der Waals surface area (Å²) in [6, 6.07) is 0. The molecule has 0 aliphatic heterocycles. The second kappa shape index (κ2) is 6.79. The van der Waals surface area contributed by atoms with Crippen molar-refractivity contribution in [1.82, 2.24) is 0 Å². The fourth-order valence-corrected chi connectivity index (χ4v) is 0.638. The molecule has 0 bridgehead atoms. The lowest BCUT2D eigenvalue weighted by Gasteiger charge is -2.00. The fourth-order valence-electron chi connectivity index (χ4n) is 0.638. The highest BCUT2D eigenvalue weighted by Gasteiger charge is 1.98. The van der Waals surface area contributed by atoms with Crippen LogP contribution in [0.3, 0.4) is 0 Å². The Morgan fingerprint density at radius 2 is 1.83 bits per heavy atom. The minimum Gasteiger partial charge on any atom is -0.380 e. The van der Waals surface area contributed by atoms with Gasteiger partial charge in [-0.1, -0.05) is 6.92 Å². The van der Waals surface area contributed by atoms with Crippen molar-refractivity contribution in [3.63, 3.8) is 0 Å². The number of hydrogen-bond donors (Lipinski definition) is 1. The zero-order valence-corrected chi connectivity index (χ0v) is 7.34. The SMILES string of the molecule is CCC(=O)CCOCCC(N)=O. The maximum absolute atomic E-state index is 10.7. The van der Waals surface area contributed by atoms with Crippen LogP contribution in [0.25, 0.3) is 0 Å². The lowest BCUT2D eigenvalue weighted by Crippen LogP contribution is -2.14. The lowest BCUT2D eigenvalue weighted by molar-refractivity contribution is -0.120. The monoisotopic (exact) mass is 173 g/mol. The molecule has 0 aromatic carbocycles. The Morgan fingerprint density at radius 1 is 1.25 bits per heavy atom. The Labute approximate surface area is 72.1 Å². The summed E-state index contributed by atoms with van der Waals surface area (Å²) < 4.78 is 5.00. The van der Waals surface area contributed by atoms with Gasteiger partial charge < -0.3 is 10.5 Å². The molecule has 0 heterocycles.